The predicted octanol–water partition coefficient (Wildman–Crippen LogP) is 1.02. The van der Waals surface area contributed by atoms with Crippen LogP contribution in [0.5, 0.6) is 5.75 Å². The predicted molar refractivity (Wildman–Crippen MR) is 67.2 cm³/mol. The summed E-state index contributed by atoms with van der Waals surface area (Å²) in [5.74, 6) is 0.267. The number of nitrogens with two attached hydrogens (primary N) is 1. The van der Waals surface area contributed by atoms with Crippen LogP contribution in [0.15, 0.2) is 23.1 Å². The Bertz CT molecular complexity index is 547. The van der Waals surface area contributed by atoms with Gasteiger partial charge in [-0.25, -0.2) is 13.6 Å². The minimum atomic E-state index is -3.79. The molecule has 1 aliphatic heterocycles. The first kappa shape index (κ1) is 13.3. The summed E-state index contributed by atoms with van der Waals surface area (Å²) in [7, 11) is -2.37. The van der Waals surface area contributed by atoms with Gasteiger partial charge in [-0.2, -0.15) is 0 Å². The third kappa shape index (κ3) is 2.36. The molecule has 1 aromatic carbocycles. The molecule has 100 valence electrons. The number of hydrogen-bond acceptors (Lipinski definition) is 4. The average molecular weight is 271 g/mol. The van der Waals surface area contributed by atoms with Gasteiger partial charge in [-0.15, -0.1) is 0 Å². The molecular weight excluding hydrogens is 254 g/mol. The van der Waals surface area contributed by atoms with Crippen molar-refractivity contribution in [3.05, 3.63) is 23.8 Å². The zero-order chi connectivity index (χ0) is 13.4. The van der Waals surface area contributed by atoms with Crippen LogP contribution >= 0.6 is 0 Å². The van der Waals surface area contributed by atoms with E-state index in [1.165, 1.54) is 7.11 Å². The molecule has 6 heteroatoms. The summed E-state index contributed by atoms with van der Waals surface area (Å²) in [5.41, 5.74) is 0.746. The topological polar surface area (TPSA) is 78.6 Å². The fourth-order valence-electron chi connectivity index (χ4n) is 2.17. The quantitative estimate of drug-likeness (QED) is 0.890. The Balaban J connectivity index is 2.53. The van der Waals surface area contributed by atoms with Gasteiger partial charge in [-0.3, -0.25) is 0 Å². The molecule has 0 bridgehead atoms. The standard InChI is InChI=1S/C12H17NO4S/c1-12(5-6-17-8-12)9-3-4-10(16-2)11(7-9)18(13,14)15/h3-4,7H,5-6,8H2,1-2H3,(H2,13,14,15). The second-order valence-electron chi connectivity index (χ2n) is 4.77. The van der Waals surface area contributed by atoms with Gasteiger partial charge in [0.2, 0.25) is 10.0 Å². The molecule has 1 aliphatic rings. The van der Waals surface area contributed by atoms with E-state index in [1.807, 2.05) is 6.07 Å². The minimum Gasteiger partial charge on any atom is -0.495 e. The number of sulfonamides is 1. The van der Waals surface area contributed by atoms with Gasteiger partial charge in [-0.1, -0.05) is 13.0 Å². The number of benzene rings is 1. The molecule has 0 aliphatic carbocycles. The van der Waals surface area contributed by atoms with E-state index in [-0.39, 0.29) is 16.1 Å². The molecule has 1 aromatic rings. The van der Waals surface area contributed by atoms with Crippen molar-refractivity contribution in [2.24, 2.45) is 5.14 Å². The summed E-state index contributed by atoms with van der Waals surface area (Å²) < 4.78 is 33.5. The zero-order valence-electron chi connectivity index (χ0n) is 10.5. The van der Waals surface area contributed by atoms with Crippen LogP contribution in [0.4, 0.5) is 0 Å². The molecule has 0 radical (unpaired) electrons. The van der Waals surface area contributed by atoms with E-state index < -0.39 is 10.0 Å². The number of rotatable bonds is 3. The molecule has 1 saturated heterocycles. The van der Waals surface area contributed by atoms with Gasteiger partial charge in [0, 0.05) is 12.0 Å². The van der Waals surface area contributed by atoms with Crippen LogP contribution in [0.25, 0.3) is 0 Å². The molecule has 2 rings (SSSR count). The van der Waals surface area contributed by atoms with Crippen molar-refractivity contribution < 1.29 is 17.9 Å². The molecule has 2 N–H and O–H groups in total. The first-order chi connectivity index (χ1) is 8.37. The lowest BCUT2D eigenvalue weighted by Crippen LogP contribution is -2.23. The SMILES string of the molecule is COc1ccc(C2(C)CCOC2)cc1S(N)(=O)=O. The van der Waals surface area contributed by atoms with Crippen LogP contribution in [0.2, 0.25) is 0 Å². The summed E-state index contributed by atoms with van der Waals surface area (Å²) in [6, 6.07) is 5.09. The lowest BCUT2D eigenvalue weighted by atomic mass is 9.82. The van der Waals surface area contributed by atoms with Gasteiger partial charge < -0.3 is 9.47 Å². The Hall–Kier alpha value is -1.11. The molecule has 0 aromatic heterocycles. The summed E-state index contributed by atoms with van der Waals surface area (Å²) in [4.78, 5) is 0.0237. The summed E-state index contributed by atoms with van der Waals surface area (Å²) in [6.07, 6.45) is 0.864. The monoisotopic (exact) mass is 271 g/mol. The first-order valence-electron chi connectivity index (χ1n) is 5.66. The summed E-state index contributed by atoms with van der Waals surface area (Å²) in [6.45, 7) is 3.32. The van der Waals surface area contributed by atoms with Gasteiger partial charge in [0.1, 0.15) is 10.6 Å². The molecule has 0 amide bonds. The van der Waals surface area contributed by atoms with Crippen LogP contribution in [-0.4, -0.2) is 28.7 Å². The van der Waals surface area contributed by atoms with Crippen LogP contribution in [-0.2, 0) is 20.2 Å². The second kappa shape index (κ2) is 4.53. The van der Waals surface area contributed by atoms with Crippen molar-refractivity contribution in [3.8, 4) is 5.75 Å². The van der Waals surface area contributed by atoms with E-state index in [0.29, 0.717) is 13.2 Å². The number of hydrogen-bond donors (Lipinski definition) is 1. The highest BCUT2D eigenvalue weighted by Crippen LogP contribution is 2.35. The van der Waals surface area contributed by atoms with Gasteiger partial charge in [0.25, 0.3) is 0 Å². The van der Waals surface area contributed by atoms with Gasteiger partial charge in [0.15, 0.2) is 0 Å². The highest BCUT2D eigenvalue weighted by atomic mass is 32.2. The maximum absolute atomic E-state index is 11.6. The second-order valence-corrected chi connectivity index (χ2v) is 6.30. The molecule has 1 heterocycles. The Morgan fingerprint density at radius 2 is 2.17 bits per heavy atom. The molecule has 1 atom stereocenters. The minimum absolute atomic E-state index is 0.0237. The van der Waals surface area contributed by atoms with Crippen LogP contribution in [0, 0.1) is 0 Å². The van der Waals surface area contributed by atoms with Crippen molar-refractivity contribution in [3.63, 3.8) is 0 Å². The molecule has 18 heavy (non-hydrogen) atoms. The van der Waals surface area contributed by atoms with Crippen molar-refractivity contribution in [1.82, 2.24) is 0 Å². The van der Waals surface area contributed by atoms with Crippen molar-refractivity contribution >= 4 is 10.0 Å². The first-order valence-corrected chi connectivity index (χ1v) is 7.20. The lowest BCUT2D eigenvalue weighted by molar-refractivity contribution is 0.180. The normalized spacial score (nSPS) is 24.2. The smallest absolute Gasteiger partial charge is 0.241 e. The van der Waals surface area contributed by atoms with Crippen molar-refractivity contribution in [1.29, 1.82) is 0 Å². The number of primary sulfonamides is 1. The zero-order valence-corrected chi connectivity index (χ0v) is 11.3. The van der Waals surface area contributed by atoms with Crippen molar-refractivity contribution in [2.45, 2.75) is 23.7 Å². The van der Waals surface area contributed by atoms with E-state index >= 15 is 0 Å². The fraction of sp³-hybridized carbons (Fsp3) is 0.500. The highest BCUT2D eigenvalue weighted by molar-refractivity contribution is 7.89. The van der Waals surface area contributed by atoms with Crippen LogP contribution in [0.3, 0.4) is 0 Å². The van der Waals surface area contributed by atoms with Crippen LogP contribution < -0.4 is 9.88 Å². The molecule has 5 nitrogen and oxygen atoms in total. The van der Waals surface area contributed by atoms with E-state index in [1.54, 1.807) is 12.1 Å². The largest absolute Gasteiger partial charge is 0.495 e. The summed E-state index contributed by atoms with van der Waals surface area (Å²) in [5, 5.41) is 5.20. The van der Waals surface area contributed by atoms with Gasteiger partial charge >= 0.3 is 0 Å². The molecule has 1 unspecified atom stereocenters. The van der Waals surface area contributed by atoms with Gasteiger partial charge in [-0.05, 0) is 24.1 Å². The Kier molecular flexibility index (Phi) is 3.35. The average Bonchev–Trinajstić information content (AvgIpc) is 2.75. The summed E-state index contributed by atoms with van der Waals surface area (Å²) >= 11 is 0. The fourth-order valence-corrected chi connectivity index (χ4v) is 2.89. The Morgan fingerprint density at radius 1 is 1.44 bits per heavy atom. The van der Waals surface area contributed by atoms with E-state index in [2.05, 4.69) is 6.92 Å². The molecular formula is C12H17NO4S. The van der Waals surface area contributed by atoms with Gasteiger partial charge in [0.05, 0.1) is 13.7 Å². The number of methoxy groups -OCH3 is 1. The Morgan fingerprint density at radius 3 is 2.67 bits per heavy atom. The third-order valence-corrected chi connectivity index (χ3v) is 4.32. The molecule has 1 fully saturated rings. The lowest BCUT2D eigenvalue weighted by Gasteiger charge is -2.23. The van der Waals surface area contributed by atoms with Crippen LogP contribution in [0.1, 0.15) is 18.9 Å². The van der Waals surface area contributed by atoms with Crippen molar-refractivity contribution in [2.75, 3.05) is 20.3 Å². The third-order valence-electron chi connectivity index (χ3n) is 3.39. The molecule has 0 spiro atoms. The van der Waals surface area contributed by atoms with E-state index in [4.69, 9.17) is 14.6 Å². The highest BCUT2D eigenvalue weighted by Gasteiger charge is 2.33. The number of ether oxygens (including phenoxy) is 2. The maximum atomic E-state index is 11.6. The Labute approximate surface area is 107 Å². The molecule has 0 saturated carbocycles. The van der Waals surface area contributed by atoms with E-state index in [9.17, 15) is 8.42 Å². The maximum Gasteiger partial charge on any atom is 0.241 e. The van der Waals surface area contributed by atoms with E-state index in [0.717, 1.165) is 12.0 Å².